The van der Waals surface area contributed by atoms with Gasteiger partial charge >= 0.3 is 0 Å². The van der Waals surface area contributed by atoms with Gasteiger partial charge in [-0.3, -0.25) is 0 Å². The summed E-state index contributed by atoms with van der Waals surface area (Å²) in [5.74, 6) is 0. The molecule has 1 aliphatic heterocycles. The molecule has 0 aliphatic carbocycles. The highest BCUT2D eigenvalue weighted by Gasteiger charge is 2.29. The van der Waals surface area contributed by atoms with Crippen molar-refractivity contribution in [2.45, 2.75) is 26.1 Å². The molecule has 1 atom stereocenters. The van der Waals surface area contributed by atoms with Crippen molar-refractivity contribution in [3.8, 4) is 6.07 Å². The molecule has 6 heteroatoms. The van der Waals surface area contributed by atoms with Crippen molar-refractivity contribution in [3.05, 3.63) is 77.1 Å². The van der Waals surface area contributed by atoms with Gasteiger partial charge in [-0.1, -0.05) is 36.4 Å². The number of aromatic nitrogens is 3. The van der Waals surface area contributed by atoms with Crippen molar-refractivity contribution in [2.24, 2.45) is 0 Å². The molecule has 3 aromatic rings. The SMILES string of the molecule is CCc1ccc(N2CCO[C@@H]2c2cn(Cc3cccc(C#N)c3)nn2)cc1. The van der Waals surface area contributed by atoms with Gasteiger partial charge in [0.15, 0.2) is 6.23 Å². The Balaban J connectivity index is 1.52. The summed E-state index contributed by atoms with van der Waals surface area (Å²) in [4.78, 5) is 2.21. The zero-order chi connectivity index (χ0) is 18.6. The molecular weight excluding hydrogens is 338 g/mol. The van der Waals surface area contributed by atoms with E-state index in [0.29, 0.717) is 18.7 Å². The first-order valence-corrected chi connectivity index (χ1v) is 9.13. The van der Waals surface area contributed by atoms with Crippen LogP contribution in [-0.4, -0.2) is 28.1 Å². The van der Waals surface area contributed by atoms with Crippen LogP contribution in [0, 0.1) is 11.3 Å². The van der Waals surface area contributed by atoms with E-state index in [-0.39, 0.29) is 6.23 Å². The molecule has 1 aliphatic rings. The van der Waals surface area contributed by atoms with Crippen LogP contribution in [0.3, 0.4) is 0 Å². The first-order chi connectivity index (χ1) is 13.3. The van der Waals surface area contributed by atoms with E-state index in [9.17, 15) is 0 Å². The van der Waals surface area contributed by atoms with E-state index < -0.39 is 0 Å². The Kier molecular flexibility index (Phi) is 4.86. The fourth-order valence-corrected chi connectivity index (χ4v) is 3.33. The van der Waals surface area contributed by atoms with Crippen LogP contribution in [-0.2, 0) is 17.7 Å². The molecule has 0 bridgehead atoms. The van der Waals surface area contributed by atoms with Crippen LogP contribution < -0.4 is 4.90 Å². The normalized spacial score (nSPS) is 16.4. The Labute approximate surface area is 158 Å². The van der Waals surface area contributed by atoms with E-state index in [0.717, 1.165) is 29.9 Å². The lowest BCUT2D eigenvalue weighted by Gasteiger charge is -2.23. The molecule has 0 spiro atoms. The zero-order valence-electron chi connectivity index (χ0n) is 15.2. The molecule has 6 nitrogen and oxygen atoms in total. The summed E-state index contributed by atoms with van der Waals surface area (Å²) < 4.78 is 7.71. The molecule has 0 amide bonds. The molecule has 1 fully saturated rings. The number of hydrogen-bond donors (Lipinski definition) is 0. The summed E-state index contributed by atoms with van der Waals surface area (Å²) in [6, 6.07) is 18.3. The van der Waals surface area contributed by atoms with Crippen molar-refractivity contribution >= 4 is 5.69 Å². The second-order valence-electron chi connectivity index (χ2n) is 6.59. The number of ether oxygens (including phenoxy) is 1. The van der Waals surface area contributed by atoms with Crippen LogP contribution in [0.4, 0.5) is 5.69 Å². The molecule has 0 saturated carbocycles. The highest BCUT2D eigenvalue weighted by molar-refractivity contribution is 5.49. The van der Waals surface area contributed by atoms with Crippen LogP contribution in [0.15, 0.2) is 54.7 Å². The maximum atomic E-state index is 9.04. The van der Waals surface area contributed by atoms with Gasteiger partial charge in [0, 0.05) is 12.2 Å². The average molecular weight is 359 g/mol. The van der Waals surface area contributed by atoms with Crippen molar-refractivity contribution in [1.82, 2.24) is 15.0 Å². The van der Waals surface area contributed by atoms with E-state index in [4.69, 9.17) is 10.00 Å². The Bertz CT molecular complexity index is 957. The summed E-state index contributed by atoms with van der Waals surface area (Å²) in [5.41, 5.74) is 4.91. The first-order valence-electron chi connectivity index (χ1n) is 9.13. The van der Waals surface area contributed by atoms with Gasteiger partial charge < -0.3 is 9.64 Å². The van der Waals surface area contributed by atoms with Gasteiger partial charge in [-0.05, 0) is 41.8 Å². The minimum atomic E-state index is -0.225. The third-order valence-corrected chi connectivity index (χ3v) is 4.78. The molecule has 0 N–H and O–H groups in total. The third-order valence-electron chi connectivity index (χ3n) is 4.78. The Hall–Kier alpha value is -3.17. The van der Waals surface area contributed by atoms with Crippen molar-refractivity contribution in [2.75, 3.05) is 18.1 Å². The van der Waals surface area contributed by atoms with Gasteiger partial charge in [-0.25, -0.2) is 4.68 Å². The topological polar surface area (TPSA) is 67.0 Å². The van der Waals surface area contributed by atoms with E-state index in [2.05, 4.69) is 52.5 Å². The molecule has 4 rings (SSSR count). The zero-order valence-corrected chi connectivity index (χ0v) is 15.2. The van der Waals surface area contributed by atoms with Crippen molar-refractivity contribution in [3.63, 3.8) is 0 Å². The molecule has 2 aromatic carbocycles. The van der Waals surface area contributed by atoms with Crippen LogP contribution in [0.25, 0.3) is 0 Å². The largest absolute Gasteiger partial charge is 0.350 e. The third kappa shape index (κ3) is 3.69. The summed E-state index contributed by atoms with van der Waals surface area (Å²) >= 11 is 0. The maximum Gasteiger partial charge on any atom is 0.177 e. The standard InChI is InChI=1S/C21H21N5O/c1-2-16-6-8-19(9-7-16)26-10-11-27-21(26)20-15-25(24-23-20)14-18-5-3-4-17(12-18)13-22/h3-9,12,15,21H,2,10-11,14H2,1H3/t21-/m1/s1. The minimum absolute atomic E-state index is 0.225. The van der Waals surface area contributed by atoms with Crippen LogP contribution >= 0.6 is 0 Å². The number of nitriles is 1. The highest BCUT2D eigenvalue weighted by atomic mass is 16.5. The van der Waals surface area contributed by atoms with Gasteiger partial charge in [0.05, 0.1) is 31.0 Å². The van der Waals surface area contributed by atoms with Crippen molar-refractivity contribution in [1.29, 1.82) is 5.26 Å². The molecule has 1 aromatic heterocycles. The summed E-state index contributed by atoms with van der Waals surface area (Å²) in [5, 5.41) is 17.6. The molecule has 0 unspecified atom stereocenters. The lowest BCUT2D eigenvalue weighted by molar-refractivity contribution is 0.110. The number of nitrogens with zero attached hydrogens (tertiary/aromatic N) is 5. The minimum Gasteiger partial charge on any atom is -0.350 e. The van der Waals surface area contributed by atoms with E-state index >= 15 is 0 Å². The second kappa shape index (κ2) is 7.60. The quantitative estimate of drug-likeness (QED) is 0.699. The van der Waals surface area contributed by atoms with Crippen LogP contribution in [0.1, 0.15) is 35.5 Å². The Morgan fingerprint density at radius 3 is 2.81 bits per heavy atom. The fourth-order valence-electron chi connectivity index (χ4n) is 3.33. The van der Waals surface area contributed by atoms with Gasteiger partial charge in [0.25, 0.3) is 0 Å². The molecule has 2 heterocycles. The summed E-state index contributed by atoms with van der Waals surface area (Å²) in [6.07, 6.45) is 2.72. The number of hydrogen-bond acceptors (Lipinski definition) is 5. The van der Waals surface area contributed by atoms with E-state index in [1.54, 1.807) is 10.7 Å². The second-order valence-corrected chi connectivity index (χ2v) is 6.59. The average Bonchev–Trinajstić information content (AvgIpc) is 3.37. The number of rotatable bonds is 5. The lowest BCUT2D eigenvalue weighted by Crippen LogP contribution is -2.23. The first kappa shape index (κ1) is 17.3. The van der Waals surface area contributed by atoms with E-state index in [1.807, 2.05) is 24.4 Å². The van der Waals surface area contributed by atoms with Gasteiger partial charge in [0.1, 0.15) is 5.69 Å². The van der Waals surface area contributed by atoms with Gasteiger partial charge in [0.2, 0.25) is 0 Å². The van der Waals surface area contributed by atoms with Gasteiger partial charge in [-0.15, -0.1) is 5.10 Å². The number of benzene rings is 2. The Morgan fingerprint density at radius 1 is 1.19 bits per heavy atom. The highest BCUT2D eigenvalue weighted by Crippen LogP contribution is 2.31. The maximum absolute atomic E-state index is 9.04. The summed E-state index contributed by atoms with van der Waals surface area (Å²) in [7, 11) is 0. The van der Waals surface area contributed by atoms with Crippen molar-refractivity contribution < 1.29 is 4.74 Å². The van der Waals surface area contributed by atoms with Crippen LogP contribution in [0.5, 0.6) is 0 Å². The molecular formula is C21H21N5O. The lowest BCUT2D eigenvalue weighted by atomic mass is 10.1. The predicted molar refractivity (Wildman–Crippen MR) is 102 cm³/mol. The number of anilines is 1. The molecule has 1 saturated heterocycles. The summed E-state index contributed by atoms with van der Waals surface area (Å²) in [6.45, 7) is 4.21. The number of aryl methyl sites for hydroxylation is 1. The predicted octanol–water partition coefficient (Wildman–Crippen LogP) is 3.30. The smallest absolute Gasteiger partial charge is 0.177 e. The van der Waals surface area contributed by atoms with Crippen LogP contribution in [0.2, 0.25) is 0 Å². The monoisotopic (exact) mass is 359 g/mol. The van der Waals surface area contributed by atoms with Gasteiger partial charge in [-0.2, -0.15) is 5.26 Å². The fraction of sp³-hybridized carbons (Fsp3) is 0.286. The Morgan fingerprint density at radius 2 is 2.04 bits per heavy atom. The molecule has 0 radical (unpaired) electrons. The molecule has 27 heavy (non-hydrogen) atoms. The van der Waals surface area contributed by atoms with E-state index in [1.165, 1.54) is 5.56 Å². The molecule has 136 valence electrons.